The number of hydrogen-bond acceptors (Lipinski definition) is 4. The van der Waals surface area contributed by atoms with Crippen molar-refractivity contribution in [3.8, 4) is 5.69 Å². The van der Waals surface area contributed by atoms with E-state index in [1.54, 1.807) is 17.9 Å². The predicted molar refractivity (Wildman–Crippen MR) is 131 cm³/mol. The van der Waals surface area contributed by atoms with Crippen molar-refractivity contribution in [2.75, 3.05) is 20.1 Å². The molecule has 0 bridgehead atoms. The largest absolute Gasteiger partial charge is 0.444 e. The topological polar surface area (TPSA) is 92.6 Å². The maximum Gasteiger partial charge on any atom is 0.407 e. The van der Waals surface area contributed by atoms with E-state index in [0.717, 1.165) is 17.7 Å². The molecule has 10 heteroatoms. The van der Waals surface area contributed by atoms with Crippen LogP contribution in [0, 0.1) is 0 Å². The molecule has 0 atom stereocenters. The fraction of sp³-hybridized carbons (Fsp3) is 0.450. The summed E-state index contributed by atoms with van der Waals surface area (Å²) in [5.74, 6) is 0.682. The van der Waals surface area contributed by atoms with E-state index in [9.17, 15) is 4.79 Å². The smallest absolute Gasteiger partial charge is 0.407 e. The molecule has 30 heavy (non-hydrogen) atoms. The second kappa shape index (κ2) is 12.6. The van der Waals surface area contributed by atoms with E-state index in [2.05, 4.69) is 26.0 Å². The number of halogens is 2. The van der Waals surface area contributed by atoms with Gasteiger partial charge in [-0.3, -0.25) is 4.99 Å². The van der Waals surface area contributed by atoms with E-state index in [-0.39, 0.29) is 24.0 Å². The van der Waals surface area contributed by atoms with Crippen molar-refractivity contribution in [2.24, 2.45) is 4.99 Å². The van der Waals surface area contributed by atoms with E-state index in [1.807, 2.05) is 51.2 Å². The van der Waals surface area contributed by atoms with Crippen LogP contribution in [0.3, 0.4) is 0 Å². The molecule has 8 nitrogen and oxygen atoms in total. The Morgan fingerprint density at radius 1 is 1.17 bits per heavy atom. The molecule has 0 unspecified atom stereocenters. The molecule has 0 aliphatic heterocycles. The average molecular weight is 549 g/mol. The molecular formula is C20H30ClIN6O2. The number of nitrogens with one attached hydrogen (secondary N) is 3. The lowest BCUT2D eigenvalue weighted by Gasteiger charge is -2.19. The van der Waals surface area contributed by atoms with Crippen molar-refractivity contribution in [1.82, 2.24) is 25.7 Å². The quantitative estimate of drug-likeness (QED) is 0.212. The number of aliphatic imine (C=N–C) groups is 1. The van der Waals surface area contributed by atoms with Crippen LogP contribution in [0.2, 0.25) is 5.02 Å². The first-order chi connectivity index (χ1) is 13.8. The molecule has 0 fully saturated rings. The first-order valence-electron chi connectivity index (χ1n) is 9.48. The number of alkyl carbamates (subject to hydrolysis) is 1. The molecule has 2 aromatic rings. The molecule has 1 heterocycles. The number of hydrogen-bond donors (Lipinski definition) is 3. The lowest BCUT2D eigenvalue weighted by molar-refractivity contribution is 0.0527. The molecule has 0 spiro atoms. The van der Waals surface area contributed by atoms with Gasteiger partial charge in [0.1, 0.15) is 5.60 Å². The highest BCUT2D eigenvalue weighted by Crippen LogP contribution is 2.13. The van der Waals surface area contributed by atoms with E-state index in [1.165, 1.54) is 0 Å². The highest BCUT2D eigenvalue weighted by molar-refractivity contribution is 14.0. The van der Waals surface area contributed by atoms with Crippen LogP contribution < -0.4 is 16.0 Å². The number of ether oxygens (including phenoxy) is 1. The van der Waals surface area contributed by atoms with Gasteiger partial charge in [0.15, 0.2) is 5.96 Å². The number of rotatable bonds is 7. The summed E-state index contributed by atoms with van der Waals surface area (Å²) in [6.07, 6.45) is 4.10. The molecule has 1 aromatic heterocycles. The van der Waals surface area contributed by atoms with Gasteiger partial charge in [0.25, 0.3) is 0 Å². The third-order valence-corrected chi connectivity index (χ3v) is 3.98. The third kappa shape index (κ3) is 9.66. The first kappa shape index (κ1) is 26.0. The van der Waals surface area contributed by atoms with Crippen molar-refractivity contribution in [1.29, 1.82) is 0 Å². The van der Waals surface area contributed by atoms with Crippen molar-refractivity contribution < 1.29 is 9.53 Å². The van der Waals surface area contributed by atoms with Crippen molar-refractivity contribution in [2.45, 2.75) is 39.3 Å². The van der Waals surface area contributed by atoms with Crippen LogP contribution in [0.1, 0.15) is 32.8 Å². The molecule has 0 aliphatic rings. The van der Waals surface area contributed by atoms with Gasteiger partial charge in [0.05, 0.1) is 11.9 Å². The molecule has 1 amide bonds. The van der Waals surface area contributed by atoms with Crippen LogP contribution in [0.4, 0.5) is 4.79 Å². The molecule has 0 radical (unpaired) electrons. The Hall–Kier alpha value is -2.01. The maximum absolute atomic E-state index is 11.6. The molecule has 3 N–H and O–H groups in total. The fourth-order valence-corrected chi connectivity index (χ4v) is 2.52. The Morgan fingerprint density at radius 3 is 2.47 bits per heavy atom. The second-order valence-electron chi connectivity index (χ2n) is 7.40. The summed E-state index contributed by atoms with van der Waals surface area (Å²) in [5, 5.41) is 14.2. The standard InChI is InChI=1S/C20H29ClN6O2.HI/c1-20(2,3)29-19(28)24-11-5-10-23-18(22-4)25-12-15-13-26-27(14-15)17-8-6-16(21)7-9-17;/h6-9,13-14H,5,10-12H2,1-4H3,(H,24,28)(H2,22,23,25);1H. The normalized spacial score (nSPS) is 11.4. The minimum atomic E-state index is -0.490. The Bertz CT molecular complexity index is 817. The van der Waals surface area contributed by atoms with Crippen LogP contribution in [0.15, 0.2) is 41.7 Å². The lowest BCUT2D eigenvalue weighted by Crippen LogP contribution is -2.39. The zero-order valence-electron chi connectivity index (χ0n) is 17.7. The Balaban J connectivity index is 0.00000450. The summed E-state index contributed by atoms with van der Waals surface area (Å²) in [5.41, 5.74) is 1.48. The Labute approximate surface area is 199 Å². The maximum atomic E-state index is 11.6. The fourth-order valence-electron chi connectivity index (χ4n) is 2.39. The van der Waals surface area contributed by atoms with E-state index in [0.29, 0.717) is 30.6 Å². The number of amides is 1. The molecule has 1 aromatic carbocycles. The minimum absolute atomic E-state index is 0. The number of benzene rings is 1. The molecule has 2 rings (SSSR count). The first-order valence-corrected chi connectivity index (χ1v) is 9.85. The number of carbonyl (C=O) groups excluding carboxylic acids is 1. The van der Waals surface area contributed by atoms with Crippen LogP contribution in [0.25, 0.3) is 5.69 Å². The van der Waals surface area contributed by atoms with Crippen LogP contribution in [-0.2, 0) is 11.3 Å². The van der Waals surface area contributed by atoms with Gasteiger partial charge in [-0.15, -0.1) is 24.0 Å². The van der Waals surface area contributed by atoms with Gasteiger partial charge in [0.2, 0.25) is 0 Å². The van der Waals surface area contributed by atoms with Gasteiger partial charge in [-0.05, 0) is 51.5 Å². The van der Waals surface area contributed by atoms with Gasteiger partial charge < -0.3 is 20.7 Å². The highest BCUT2D eigenvalue weighted by Gasteiger charge is 2.15. The van der Waals surface area contributed by atoms with Crippen molar-refractivity contribution >= 4 is 47.6 Å². The van der Waals surface area contributed by atoms with Crippen molar-refractivity contribution in [3.63, 3.8) is 0 Å². The predicted octanol–water partition coefficient (Wildman–Crippen LogP) is 3.72. The summed E-state index contributed by atoms with van der Waals surface area (Å²) in [7, 11) is 1.71. The van der Waals surface area contributed by atoms with Crippen LogP contribution in [-0.4, -0.2) is 47.6 Å². The summed E-state index contributed by atoms with van der Waals surface area (Å²) < 4.78 is 6.99. The highest BCUT2D eigenvalue weighted by atomic mass is 127. The number of carbonyl (C=O) groups is 1. The molecule has 0 saturated heterocycles. The zero-order chi connectivity index (χ0) is 21.3. The van der Waals surface area contributed by atoms with E-state index in [4.69, 9.17) is 16.3 Å². The summed E-state index contributed by atoms with van der Waals surface area (Å²) in [4.78, 5) is 15.8. The molecular weight excluding hydrogens is 519 g/mol. The SMILES string of the molecule is CN=C(NCCCNC(=O)OC(C)(C)C)NCc1cnn(-c2ccc(Cl)cc2)c1.I. The average Bonchev–Trinajstić information content (AvgIpc) is 3.12. The van der Waals surface area contributed by atoms with Gasteiger partial charge in [-0.1, -0.05) is 11.6 Å². The monoisotopic (exact) mass is 548 g/mol. The lowest BCUT2D eigenvalue weighted by atomic mass is 10.2. The van der Waals surface area contributed by atoms with Crippen LogP contribution in [0.5, 0.6) is 0 Å². The van der Waals surface area contributed by atoms with Gasteiger partial charge >= 0.3 is 6.09 Å². The minimum Gasteiger partial charge on any atom is -0.444 e. The summed E-state index contributed by atoms with van der Waals surface area (Å²) in [6.45, 7) is 7.28. The molecule has 0 saturated carbocycles. The Morgan fingerprint density at radius 2 is 1.83 bits per heavy atom. The zero-order valence-corrected chi connectivity index (χ0v) is 20.8. The van der Waals surface area contributed by atoms with Gasteiger partial charge in [0, 0.05) is 43.5 Å². The molecule has 166 valence electrons. The van der Waals surface area contributed by atoms with E-state index < -0.39 is 11.7 Å². The van der Waals surface area contributed by atoms with Gasteiger partial charge in [-0.2, -0.15) is 5.10 Å². The van der Waals surface area contributed by atoms with Crippen molar-refractivity contribution in [3.05, 3.63) is 47.2 Å². The number of aromatic nitrogens is 2. The summed E-state index contributed by atoms with van der Waals surface area (Å²) >= 11 is 5.92. The third-order valence-electron chi connectivity index (χ3n) is 3.73. The van der Waals surface area contributed by atoms with E-state index >= 15 is 0 Å². The second-order valence-corrected chi connectivity index (χ2v) is 7.84. The number of nitrogens with zero attached hydrogens (tertiary/aromatic N) is 3. The van der Waals surface area contributed by atoms with Crippen LogP contribution >= 0.6 is 35.6 Å². The molecule has 0 aliphatic carbocycles. The van der Waals surface area contributed by atoms with Gasteiger partial charge in [-0.25, -0.2) is 9.48 Å². The summed E-state index contributed by atoms with van der Waals surface area (Å²) in [6, 6.07) is 7.50. The number of guanidine groups is 1. The Kier molecular flexibility index (Phi) is 11.0.